The maximum Gasteiger partial charge on any atom is 0.241 e. The van der Waals surface area contributed by atoms with Crippen molar-refractivity contribution >= 4 is 26.0 Å². The van der Waals surface area contributed by atoms with Gasteiger partial charge in [0.15, 0.2) is 0 Å². The van der Waals surface area contributed by atoms with Gasteiger partial charge < -0.3 is 0 Å². The minimum Gasteiger partial charge on any atom is -0.207 e. The summed E-state index contributed by atoms with van der Waals surface area (Å²) in [4.78, 5) is 0.334. The molecule has 1 fully saturated rings. The van der Waals surface area contributed by atoms with E-state index in [2.05, 4.69) is 20.7 Å². The summed E-state index contributed by atoms with van der Waals surface area (Å²) < 4.78 is 28.1. The highest BCUT2D eigenvalue weighted by atomic mass is 79.9. The number of nitrogens with one attached hydrogen (secondary N) is 1. The van der Waals surface area contributed by atoms with Gasteiger partial charge in [-0.15, -0.1) is 0 Å². The fourth-order valence-electron chi connectivity index (χ4n) is 2.09. The van der Waals surface area contributed by atoms with E-state index in [0.717, 1.165) is 30.2 Å². The standard InChI is InChI=1S/C12H16BrNO2S/c1-2-12(8-3-9-12)14-17(15,16)11-6-4-10(13)5-7-11/h4-7,14H,2-3,8-9H2,1H3. The quantitative estimate of drug-likeness (QED) is 0.927. The number of hydrogen-bond donors (Lipinski definition) is 1. The van der Waals surface area contributed by atoms with E-state index in [0.29, 0.717) is 4.90 Å². The lowest BCUT2D eigenvalue weighted by Crippen LogP contribution is -2.52. The van der Waals surface area contributed by atoms with Crippen molar-refractivity contribution in [3.8, 4) is 0 Å². The third-order valence-electron chi connectivity index (χ3n) is 3.46. The van der Waals surface area contributed by atoms with E-state index in [4.69, 9.17) is 0 Å². The summed E-state index contributed by atoms with van der Waals surface area (Å²) >= 11 is 3.30. The molecule has 94 valence electrons. The zero-order valence-electron chi connectivity index (χ0n) is 9.74. The summed E-state index contributed by atoms with van der Waals surface area (Å²) in [5.74, 6) is 0. The molecule has 1 saturated carbocycles. The Morgan fingerprint density at radius 3 is 2.29 bits per heavy atom. The van der Waals surface area contributed by atoms with E-state index in [1.807, 2.05) is 6.92 Å². The van der Waals surface area contributed by atoms with Crippen LogP contribution in [0.2, 0.25) is 0 Å². The molecule has 0 radical (unpaired) electrons. The van der Waals surface area contributed by atoms with Gasteiger partial charge in [-0.25, -0.2) is 13.1 Å². The second kappa shape index (κ2) is 4.71. The normalized spacial score (nSPS) is 18.7. The lowest BCUT2D eigenvalue weighted by atomic mass is 9.76. The Balaban J connectivity index is 2.22. The Morgan fingerprint density at radius 2 is 1.88 bits per heavy atom. The molecular weight excluding hydrogens is 302 g/mol. The van der Waals surface area contributed by atoms with Gasteiger partial charge in [0, 0.05) is 10.0 Å². The third kappa shape index (κ3) is 2.72. The Morgan fingerprint density at radius 1 is 1.29 bits per heavy atom. The van der Waals surface area contributed by atoms with Crippen molar-refractivity contribution in [2.45, 2.75) is 43.0 Å². The van der Waals surface area contributed by atoms with Gasteiger partial charge in [-0.2, -0.15) is 0 Å². The van der Waals surface area contributed by atoms with Crippen molar-refractivity contribution in [3.63, 3.8) is 0 Å². The molecule has 3 nitrogen and oxygen atoms in total. The van der Waals surface area contributed by atoms with E-state index in [1.165, 1.54) is 0 Å². The zero-order valence-corrected chi connectivity index (χ0v) is 12.1. The van der Waals surface area contributed by atoms with Crippen LogP contribution in [0.25, 0.3) is 0 Å². The fourth-order valence-corrected chi connectivity index (χ4v) is 3.88. The number of rotatable bonds is 4. The molecule has 0 amide bonds. The molecule has 5 heteroatoms. The minimum absolute atomic E-state index is 0.202. The maximum atomic E-state index is 12.2. The summed E-state index contributed by atoms with van der Waals surface area (Å²) in [7, 11) is -3.38. The average molecular weight is 318 g/mol. The van der Waals surface area contributed by atoms with Crippen molar-refractivity contribution in [2.24, 2.45) is 0 Å². The van der Waals surface area contributed by atoms with Crippen molar-refractivity contribution in [3.05, 3.63) is 28.7 Å². The molecule has 2 rings (SSSR count). The van der Waals surface area contributed by atoms with E-state index in [9.17, 15) is 8.42 Å². The minimum atomic E-state index is -3.38. The topological polar surface area (TPSA) is 46.2 Å². The SMILES string of the molecule is CCC1(NS(=O)(=O)c2ccc(Br)cc2)CCC1. The lowest BCUT2D eigenvalue weighted by Gasteiger charge is -2.41. The molecular formula is C12H16BrNO2S. The number of hydrogen-bond acceptors (Lipinski definition) is 2. The number of halogens is 1. The van der Waals surface area contributed by atoms with Crippen LogP contribution < -0.4 is 4.72 Å². The highest BCUT2D eigenvalue weighted by Crippen LogP contribution is 2.36. The Hall–Kier alpha value is -0.390. The van der Waals surface area contributed by atoms with Crippen molar-refractivity contribution in [2.75, 3.05) is 0 Å². The van der Waals surface area contributed by atoms with E-state index < -0.39 is 10.0 Å². The highest BCUT2D eigenvalue weighted by molar-refractivity contribution is 9.10. The number of sulfonamides is 1. The van der Waals surface area contributed by atoms with E-state index in [1.54, 1.807) is 24.3 Å². The van der Waals surface area contributed by atoms with Gasteiger partial charge in [-0.1, -0.05) is 22.9 Å². The van der Waals surface area contributed by atoms with Crippen LogP contribution in [0.5, 0.6) is 0 Å². The van der Waals surface area contributed by atoms with Crippen molar-refractivity contribution in [1.82, 2.24) is 4.72 Å². The predicted octanol–water partition coefficient (Wildman–Crippen LogP) is 3.06. The van der Waals surface area contributed by atoms with Crippen LogP contribution in [0.1, 0.15) is 32.6 Å². The fraction of sp³-hybridized carbons (Fsp3) is 0.500. The summed E-state index contributed by atoms with van der Waals surface area (Å²) in [6, 6.07) is 6.73. The van der Waals surface area contributed by atoms with E-state index in [-0.39, 0.29) is 5.54 Å². The van der Waals surface area contributed by atoms with Crippen LogP contribution >= 0.6 is 15.9 Å². The van der Waals surface area contributed by atoms with Gasteiger partial charge in [0.05, 0.1) is 4.90 Å². The molecule has 1 aromatic carbocycles. The van der Waals surface area contributed by atoms with Crippen LogP contribution in [0.15, 0.2) is 33.6 Å². The molecule has 1 aromatic rings. The molecule has 0 bridgehead atoms. The molecule has 1 aliphatic rings. The molecule has 17 heavy (non-hydrogen) atoms. The Kier molecular flexibility index (Phi) is 3.61. The molecule has 0 atom stereocenters. The molecule has 1 aliphatic carbocycles. The highest BCUT2D eigenvalue weighted by Gasteiger charge is 2.38. The molecule has 0 unspecified atom stereocenters. The van der Waals surface area contributed by atoms with Gasteiger partial charge >= 0.3 is 0 Å². The molecule has 0 aromatic heterocycles. The molecule has 0 aliphatic heterocycles. The summed E-state index contributed by atoms with van der Waals surface area (Å²) in [6.45, 7) is 2.03. The van der Waals surface area contributed by atoms with Gasteiger partial charge in [0.25, 0.3) is 0 Å². The summed E-state index contributed by atoms with van der Waals surface area (Å²) in [5, 5.41) is 0. The van der Waals surface area contributed by atoms with Gasteiger partial charge in [-0.3, -0.25) is 0 Å². The van der Waals surface area contributed by atoms with Crippen molar-refractivity contribution < 1.29 is 8.42 Å². The Labute approximate surface area is 111 Å². The molecule has 1 N–H and O–H groups in total. The smallest absolute Gasteiger partial charge is 0.207 e. The zero-order chi connectivity index (χ0) is 12.5. The third-order valence-corrected chi connectivity index (χ3v) is 5.59. The van der Waals surface area contributed by atoms with Gasteiger partial charge in [-0.05, 0) is 49.9 Å². The number of benzene rings is 1. The first-order valence-corrected chi connectivity index (χ1v) is 8.05. The first-order valence-electron chi connectivity index (χ1n) is 5.77. The van der Waals surface area contributed by atoms with Crippen LogP contribution in [0.3, 0.4) is 0 Å². The van der Waals surface area contributed by atoms with Crippen LogP contribution in [-0.2, 0) is 10.0 Å². The lowest BCUT2D eigenvalue weighted by molar-refractivity contribution is 0.214. The molecule has 0 saturated heterocycles. The summed E-state index contributed by atoms with van der Waals surface area (Å²) in [6.07, 6.45) is 3.85. The second-order valence-electron chi connectivity index (χ2n) is 4.55. The van der Waals surface area contributed by atoms with Crippen LogP contribution in [-0.4, -0.2) is 14.0 Å². The van der Waals surface area contributed by atoms with Crippen LogP contribution in [0, 0.1) is 0 Å². The monoisotopic (exact) mass is 317 g/mol. The summed E-state index contributed by atoms with van der Waals surface area (Å²) in [5.41, 5.74) is -0.202. The predicted molar refractivity (Wildman–Crippen MR) is 71.3 cm³/mol. The second-order valence-corrected chi connectivity index (χ2v) is 7.14. The maximum absolute atomic E-state index is 12.2. The van der Waals surface area contributed by atoms with Gasteiger partial charge in [0.1, 0.15) is 0 Å². The Bertz CT molecular complexity index is 486. The van der Waals surface area contributed by atoms with Crippen molar-refractivity contribution in [1.29, 1.82) is 0 Å². The first kappa shape index (κ1) is 13.1. The largest absolute Gasteiger partial charge is 0.241 e. The molecule has 0 heterocycles. The average Bonchev–Trinajstić information content (AvgIpc) is 2.24. The first-order chi connectivity index (χ1) is 7.97. The van der Waals surface area contributed by atoms with E-state index >= 15 is 0 Å². The van der Waals surface area contributed by atoms with Crippen LogP contribution in [0.4, 0.5) is 0 Å². The molecule has 0 spiro atoms. The van der Waals surface area contributed by atoms with Gasteiger partial charge in [0.2, 0.25) is 10.0 Å².